The Kier molecular flexibility index (Phi) is 10.0. The number of esters is 1. The van der Waals surface area contributed by atoms with E-state index in [4.69, 9.17) is 23.4 Å². The van der Waals surface area contributed by atoms with Crippen LogP contribution in [-0.2, 0) is 29.5 Å². The van der Waals surface area contributed by atoms with Crippen molar-refractivity contribution in [1.82, 2.24) is 15.3 Å². The van der Waals surface area contributed by atoms with Crippen molar-refractivity contribution in [2.24, 2.45) is 0 Å². The summed E-state index contributed by atoms with van der Waals surface area (Å²) in [6.45, 7) is 7.49. The van der Waals surface area contributed by atoms with Gasteiger partial charge in [-0.15, -0.1) is 0 Å². The number of Topliss-reactive ketones (excluding diaryl/α,β-unsaturated/α-hetero) is 1. The van der Waals surface area contributed by atoms with Crippen molar-refractivity contribution in [3.05, 3.63) is 59.9 Å². The van der Waals surface area contributed by atoms with E-state index in [1.807, 2.05) is 19.1 Å². The topological polar surface area (TPSA) is 139 Å². The van der Waals surface area contributed by atoms with Gasteiger partial charge in [-0.1, -0.05) is 6.07 Å². The van der Waals surface area contributed by atoms with Crippen LogP contribution in [0.5, 0.6) is 0 Å². The number of nitrogens with zero attached hydrogens (tertiary/aromatic N) is 2. The van der Waals surface area contributed by atoms with Gasteiger partial charge in [0.1, 0.15) is 17.9 Å². The second kappa shape index (κ2) is 13.5. The second-order valence-electron chi connectivity index (χ2n) is 10.6. The number of carbonyl (C=O) groups is 3. The lowest BCUT2D eigenvalue weighted by molar-refractivity contribution is -0.186. The summed E-state index contributed by atoms with van der Waals surface area (Å²) in [5.74, 6) is -0.906. The van der Waals surface area contributed by atoms with E-state index in [1.165, 1.54) is 24.2 Å². The molecule has 1 saturated heterocycles. The third-order valence-electron chi connectivity index (χ3n) is 6.06. The summed E-state index contributed by atoms with van der Waals surface area (Å²) in [5.41, 5.74) is 1.30. The Morgan fingerprint density at radius 3 is 2.63 bits per heavy atom. The molecule has 0 spiro atoms. The quantitative estimate of drug-likeness (QED) is 0.182. The highest BCUT2D eigenvalue weighted by molar-refractivity contribution is 7.99. The van der Waals surface area contributed by atoms with Gasteiger partial charge in [-0.05, 0) is 64.1 Å². The van der Waals surface area contributed by atoms with E-state index in [0.29, 0.717) is 43.3 Å². The van der Waals surface area contributed by atoms with Crippen LogP contribution in [0.4, 0.5) is 4.79 Å². The first kappa shape index (κ1) is 30.5. The summed E-state index contributed by atoms with van der Waals surface area (Å²) >= 11 is 1.44. The number of ketones is 1. The van der Waals surface area contributed by atoms with Crippen LogP contribution in [0.2, 0.25) is 0 Å². The van der Waals surface area contributed by atoms with Crippen LogP contribution < -0.4 is 5.32 Å². The number of ether oxygens (including phenoxy) is 4. The first-order valence-electron chi connectivity index (χ1n) is 13.4. The zero-order chi connectivity index (χ0) is 29.5. The molecule has 1 aliphatic heterocycles. The molecule has 220 valence electrons. The lowest BCUT2D eigenvalue weighted by Crippen LogP contribution is -2.46. The molecule has 1 N–H and O–H groups in total. The number of aromatic nitrogens is 2. The van der Waals surface area contributed by atoms with Crippen molar-refractivity contribution in [2.45, 2.75) is 58.0 Å². The number of thioether (sulfide) groups is 1. The number of pyridine rings is 1. The lowest BCUT2D eigenvalue weighted by atomic mass is 10.1. The summed E-state index contributed by atoms with van der Waals surface area (Å²) in [5, 5.41) is 3.39. The Bertz CT molecular complexity index is 1350. The van der Waals surface area contributed by atoms with Crippen molar-refractivity contribution < 1.29 is 37.7 Å². The molecule has 4 rings (SSSR count). The fraction of sp³-hybridized carbons (Fsp3) is 0.483. The van der Waals surface area contributed by atoms with Crippen molar-refractivity contribution in [2.75, 3.05) is 31.3 Å². The standard InChI is InChI=1S/C29H35N3O8S/c1-19-6-7-20-16-21(8-9-22(20)31-19)24(33)17-37-25(34)23(32-27(35)40-28(2,3)4)18-41-15-5-10-29(38-13-14-39-29)26-30-11-12-36-26/h6-9,11-12,16,23H,5,10,13-15,17-18H2,1-4H3,(H,32,35). The molecule has 11 nitrogen and oxygen atoms in total. The number of fused-ring (bicyclic) bond motifs is 1. The van der Waals surface area contributed by atoms with Gasteiger partial charge in [0.15, 0.2) is 12.4 Å². The first-order chi connectivity index (χ1) is 19.5. The number of hydrogen-bond acceptors (Lipinski definition) is 11. The van der Waals surface area contributed by atoms with E-state index in [-0.39, 0.29) is 11.5 Å². The summed E-state index contributed by atoms with van der Waals surface area (Å²) in [4.78, 5) is 46.8. The number of oxazole rings is 1. The van der Waals surface area contributed by atoms with E-state index in [2.05, 4.69) is 15.3 Å². The molecule has 0 radical (unpaired) electrons. The molecule has 1 aliphatic rings. The SMILES string of the molecule is Cc1ccc2cc(C(=O)COC(=O)C(CSCCCC3(c4ncco4)OCCO3)NC(=O)OC(C)(C)C)ccc2n1. The van der Waals surface area contributed by atoms with E-state index >= 15 is 0 Å². The van der Waals surface area contributed by atoms with Crippen LogP contribution in [-0.4, -0.2) is 70.8 Å². The normalized spacial score (nSPS) is 15.4. The Morgan fingerprint density at radius 2 is 1.93 bits per heavy atom. The average molecular weight is 586 g/mol. The monoisotopic (exact) mass is 585 g/mol. The molecule has 3 aromatic rings. The number of benzene rings is 1. The van der Waals surface area contributed by atoms with Crippen LogP contribution in [0.15, 0.2) is 47.2 Å². The Balaban J connectivity index is 1.32. The molecule has 1 amide bonds. The van der Waals surface area contributed by atoms with Crippen molar-refractivity contribution >= 4 is 40.5 Å². The Morgan fingerprint density at radius 1 is 1.15 bits per heavy atom. The van der Waals surface area contributed by atoms with Gasteiger partial charge in [-0.25, -0.2) is 14.6 Å². The van der Waals surface area contributed by atoms with Crippen LogP contribution >= 0.6 is 11.8 Å². The first-order valence-corrected chi connectivity index (χ1v) is 14.5. The second-order valence-corrected chi connectivity index (χ2v) is 11.7. The van der Waals surface area contributed by atoms with Crippen molar-refractivity contribution in [1.29, 1.82) is 0 Å². The summed E-state index contributed by atoms with van der Waals surface area (Å²) in [6, 6.07) is 7.85. The molecule has 1 fully saturated rings. The molecule has 2 aromatic heterocycles. The van der Waals surface area contributed by atoms with Gasteiger partial charge >= 0.3 is 12.1 Å². The van der Waals surface area contributed by atoms with E-state index in [9.17, 15) is 14.4 Å². The number of amides is 1. The van der Waals surface area contributed by atoms with Crippen LogP contribution in [0.3, 0.4) is 0 Å². The van der Waals surface area contributed by atoms with Gasteiger partial charge < -0.3 is 28.7 Å². The third kappa shape index (κ3) is 8.51. The molecule has 12 heteroatoms. The van der Waals surface area contributed by atoms with Gasteiger partial charge in [-0.2, -0.15) is 11.8 Å². The molecule has 3 heterocycles. The fourth-order valence-electron chi connectivity index (χ4n) is 4.19. The number of carbonyl (C=O) groups excluding carboxylic acids is 3. The van der Waals surface area contributed by atoms with Crippen LogP contribution in [0.25, 0.3) is 10.9 Å². The predicted octanol–water partition coefficient (Wildman–Crippen LogP) is 4.56. The van der Waals surface area contributed by atoms with Gasteiger partial charge in [0.05, 0.1) is 24.9 Å². The van der Waals surface area contributed by atoms with Gasteiger partial charge in [-0.3, -0.25) is 9.78 Å². The zero-order valence-electron chi connectivity index (χ0n) is 23.6. The minimum Gasteiger partial charge on any atom is -0.456 e. The largest absolute Gasteiger partial charge is 0.456 e. The number of nitrogens with one attached hydrogen (secondary N) is 1. The van der Waals surface area contributed by atoms with Gasteiger partial charge in [0.25, 0.3) is 5.89 Å². The number of alkyl carbamates (subject to hydrolysis) is 1. The smallest absolute Gasteiger partial charge is 0.408 e. The van der Waals surface area contributed by atoms with Gasteiger partial charge in [0, 0.05) is 28.8 Å². The lowest BCUT2D eigenvalue weighted by Gasteiger charge is -2.24. The highest BCUT2D eigenvalue weighted by Crippen LogP contribution is 2.35. The summed E-state index contributed by atoms with van der Waals surface area (Å²) in [7, 11) is 0. The summed E-state index contributed by atoms with van der Waals surface area (Å²) < 4.78 is 27.7. The van der Waals surface area contributed by atoms with Crippen molar-refractivity contribution in [3.8, 4) is 0 Å². The highest BCUT2D eigenvalue weighted by Gasteiger charge is 2.42. The molecule has 41 heavy (non-hydrogen) atoms. The maximum absolute atomic E-state index is 13.0. The van der Waals surface area contributed by atoms with Gasteiger partial charge in [0.2, 0.25) is 5.79 Å². The maximum atomic E-state index is 13.0. The minimum absolute atomic E-state index is 0.209. The molecule has 1 aromatic carbocycles. The molecule has 1 atom stereocenters. The highest BCUT2D eigenvalue weighted by atomic mass is 32.2. The predicted molar refractivity (Wildman–Crippen MR) is 152 cm³/mol. The van der Waals surface area contributed by atoms with Crippen LogP contribution in [0.1, 0.15) is 55.6 Å². The van der Waals surface area contributed by atoms with E-state index in [1.54, 1.807) is 39.0 Å². The van der Waals surface area contributed by atoms with Crippen LogP contribution in [0, 0.1) is 6.92 Å². The van der Waals surface area contributed by atoms with E-state index in [0.717, 1.165) is 16.6 Å². The molecular weight excluding hydrogens is 550 g/mol. The van der Waals surface area contributed by atoms with E-state index < -0.39 is 36.1 Å². The molecule has 0 bridgehead atoms. The average Bonchev–Trinajstić information content (AvgIpc) is 3.63. The number of hydrogen-bond donors (Lipinski definition) is 1. The van der Waals surface area contributed by atoms with Crippen molar-refractivity contribution in [3.63, 3.8) is 0 Å². The molecule has 0 saturated carbocycles. The maximum Gasteiger partial charge on any atom is 0.408 e. The Hall–Kier alpha value is -3.48. The molecular formula is C29H35N3O8S. The zero-order valence-corrected chi connectivity index (χ0v) is 24.5. The summed E-state index contributed by atoms with van der Waals surface area (Å²) in [6.07, 6.45) is 3.43. The molecule has 0 aliphatic carbocycles. The third-order valence-corrected chi connectivity index (χ3v) is 7.21. The molecule has 1 unspecified atom stereocenters. The Labute approximate surface area is 242 Å². The number of aryl methyl sites for hydroxylation is 1. The number of rotatable bonds is 12. The fourth-order valence-corrected chi connectivity index (χ4v) is 5.16. The minimum atomic E-state index is -1.02.